The number of carbonyl (C=O) groups is 1. The molecule has 0 unspecified atom stereocenters. The van der Waals surface area contributed by atoms with Gasteiger partial charge >= 0.3 is 0 Å². The average molecular weight is 290 g/mol. The number of benzene rings is 2. The highest BCUT2D eigenvalue weighted by molar-refractivity contribution is 6.33. The van der Waals surface area contributed by atoms with Gasteiger partial charge in [-0.1, -0.05) is 35.9 Å². The number of nitrogens with zero attached hydrogens (tertiary/aromatic N) is 1. The van der Waals surface area contributed by atoms with Gasteiger partial charge in [0.05, 0.1) is 10.6 Å². The molecule has 0 fully saturated rings. The van der Waals surface area contributed by atoms with E-state index in [0.29, 0.717) is 17.1 Å². The number of phenolic OH excluding ortho intramolecular Hbond substituents is 1. The second-order valence-electron chi connectivity index (χ2n) is 4.75. The molecule has 0 atom stereocenters. The number of hydrogen-bond acceptors (Lipinski definition) is 2. The quantitative estimate of drug-likeness (QED) is 0.937. The fourth-order valence-electron chi connectivity index (χ4n) is 2.00. The Morgan fingerprint density at radius 3 is 2.65 bits per heavy atom. The number of amides is 1. The summed E-state index contributed by atoms with van der Waals surface area (Å²) in [5.74, 6) is -0.184. The molecule has 2 rings (SSSR count). The Labute approximate surface area is 123 Å². The zero-order chi connectivity index (χ0) is 14.7. The van der Waals surface area contributed by atoms with Crippen LogP contribution in [0.5, 0.6) is 5.75 Å². The molecule has 0 saturated carbocycles. The second-order valence-corrected chi connectivity index (χ2v) is 5.16. The summed E-state index contributed by atoms with van der Waals surface area (Å²) in [4.78, 5) is 14.0. The Hall–Kier alpha value is -2.00. The first-order valence-corrected chi connectivity index (χ1v) is 6.65. The molecule has 0 radical (unpaired) electrons. The zero-order valence-electron chi connectivity index (χ0n) is 11.4. The van der Waals surface area contributed by atoms with Crippen molar-refractivity contribution < 1.29 is 9.90 Å². The van der Waals surface area contributed by atoms with Gasteiger partial charge in [0.25, 0.3) is 5.91 Å². The number of hydrogen-bond donors (Lipinski definition) is 1. The molecule has 0 aliphatic rings. The van der Waals surface area contributed by atoms with E-state index in [-0.39, 0.29) is 11.7 Å². The van der Waals surface area contributed by atoms with Crippen LogP contribution in [0.15, 0.2) is 42.5 Å². The van der Waals surface area contributed by atoms with Gasteiger partial charge in [-0.15, -0.1) is 0 Å². The van der Waals surface area contributed by atoms with E-state index in [1.807, 2.05) is 31.2 Å². The molecule has 4 heteroatoms. The molecule has 104 valence electrons. The van der Waals surface area contributed by atoms with Gasteiger partial charge in [0.1, 0.15) is 5.75 Å². The number of carbonyl (C=O) groups excluding carboxylic acids is 1. The monoisotopic (exact) mass is 289 g/mol. The minimum absolute atomic E-state index is 0.0297. The van der Waals surface area contributed by atoms with Crippen molar-refractivity contribution in [3.05, 3.63) is 64.2 Å². The summed E-state index contributed by atoms with van der Waals surface area (Å²) in [5, 5.41) is 9.81. The molecule has 2 aromatic carbocycles. The lowest BCUT2D eigenvalue weighted by atomic mass is 10.1. The third-order valence-corrected chi connectivity index (χ3v) is 3.53. The van der Waals surface area contributed by atoms with Crippen LogP contribution in [0.1, 0.15) is 21.5 Å². The first-order valence-electron chi connectivity index (χ1n) is 6.27. The van der Waals surface area contributed by atoms with Gasteiger partial charge in [0.2, 0.25) is 0 Å². The Balaban J connectivity index is 2.21. The molecule has 2 aromatic rings. The molecule has 1 amide bonds. The lowest BCUT2D eigenvalue weighted by molar-refractivity contribution is 0.0784. The van der Waals surface area contributed by atoms with Crippen molar-refractivity contribution in [3.63, 3.8) is 0 Å². The predicted octanol–water partition coefficient (Wildman–Crippen LogP) is 3.63. The summed E-state index contributed by atoms with van der Waals surface area (Å²) < 4.78 is 0. The normalized spacial score (nSPS) is 10.3. The highest BCUT2D eigenvalue weighted by atomic mass is 35.5. The van der Waals surface area contributed by atoms with E-state index in [4.69, 9.17) is 11.6 Å². The maximum Gasteiger partial charge on any atom is 0.255 e. The largest absolute Gasteiger partial charge is 0.508 e. The number of aromatic hydroxyl groups is 1. The molecule has 20 heavy (non-hydrogen) atoms. The van der Waals surface area contributed by atoms with E-state index in [1.54, 1.807) is 11.9 Å². The van der Waals surface area contributed by atoms with E-state index >= 15 is 0 Å². The van der Waals surface area contributed by atoms with Crippen molar-refractivity contribution >= 4 is 17.5 Å². The van der Waals surface area contributed by atoms with Crippen LogP contribution in [0.25, 0.3) is 0 Å². The number of phenols is 1. The van der Waals surface area contributed by atoms with Crippen LogP contribution < -0.4 is 0 Å². The lowest BCUT2D eigenvalue weighted by Gasteiger charge is -2.19. The minimum Gasteiger partial charge on any atom is -0.508 e. The molecular weight excluding hydrogens is 274 g/mol. The second kappa shape index (κ2) is 5.97. The molecule has 0 heterocycles. The third kappa shape index (κ3) is 3.11. The number of rotatable bonds is 3. The molecule has 3 nitrogen and oxygen atoms in total. The number of aryl methyl sites for hydroxylation is 1. The van der Waals surface area contributed by atoms with Crippen LogP contribution in [0.3, 0.4) is 0 Å². The van der Waals surface area contributed by atoms with Crippen LogP contribution >= 0.6 is 11.6 Å². The average Bonchev–Trinajstić information content (AvgIpc) is 2.43. The van der Waals surface area contributed by atoms with E-state index in [1.165, 1.54) is 18.2 Å². The van der Waals surface area contributed by atoms with Gasteiger partial charge in [-0.2, -0.15) is 0 Å². The van der Waals surface area contributed by atoms with Crippen LogP contribution in [-0.2, 0) is 6.54 Å². The highest BCUT2D eigenvalue weighted by Crippen LogP contribution is 2.23. The van der Waals surface area contributed by atoms with Crippen molar-refractivity contribution in [2.24, 2.45) is 0 Å². The fourth-order valence-corrected chi connectivity index (χ4v) is 2.20. The SMILES string of the molecule is Cc1ccccc1CN(C)C(=O)c1cc(O)ccc1Cl. The summed E-state index contributed by atoms with van der Waals surface area (Å²) in [6, 6.07) is 12.3. The van der Waals surface area contributed by atoms with Crippen LogP contribution in [-0.4, -0.2) is 23.0 Å². The molecule has 0 aliphatic heterocycles. The van der Waals surface area contributed by atoms with Gasteiger partial charge in [-0.3, -0.25) is 4.79 Å². The summed E-state index contributed by atoms with van der Waals surface area (Å²) in [6.45, 7) is 2.51. The van der Waals surface area contributed by atoms with Gasteiger partial charge < -0.3 is 10.0 Å². The van der Waals surface area contributed by atoms with Crippen LogP contribution in [0.4, 0.5) is 0 Å². The highest BCUT2D eigenvalue weighted by Gasteiger charge is 2.16. The van der Waals surface area contributed by atoms with Gasteiger partial charge in [-0.05, 0) is 36.2 Å². The molecule has 1 N–H and O–H groups in total. The Morgan fingerprint density at radius 2 is 1.95 bits per heavy atom. The summed E-state index contributed by atoms with van der Waals surface area (Å²) in [6.07, 6.45) is 0. The zero-order valence-corrected chi connectivity index (χ0v) is 12.2. The maximum atomic E-state index is 12.4. The minimum atomic E-state index is -0.214. The van der Waals surface area contributed by atoms with Crippen molar-refractivity contribution in [2.75, 3.05) is 7.05 Å². The predicted molar refractivity (Wildman–Crippen MR) is 80.1 cm³/mol. The van der Waals surface area contributed by atoms with E-state index in [2.05, 4.69) is 0 Å². The number of halogens is 1. The molecule has 0 aromatic heterocycles. The van der Waals surface area contributed by atoms with Gasteiger partial charge in [0.15, 0.2) is 0 Å². The first kappa shape index (κ1) is 14.4. The Morgan fingerprint density at radius 1 is 1.25 bits per heavy atom. The molecule has 0 saturated heterocycles. The standard InChI is InChI=1S/C16H16ClNO2/c1-11-5-3-4-6-12(11)10-18(2)16(20)14-9-13(19)7-8-15(14)17/h3-9,19H,10H2,1-2H3. The van der Waals surface area contributed by atoms with Crippen molar-refractivity contribution in [1.82, 2.24) is 4.90 Å². The third-order valence-electron chi connectivity index (χ3n) is 3.20. The summed E-state index contributed by atoms with van der Waals surface area (Å²) in [5.41, 5.74) is 2.52. The molecular formula is C16H16ClNO2. The smallest absolute Gasteiger partial charge is 0.255 e. The molecule has 0 aliphatic carbocycles. The van der Waals surface area contributed by atoms with Crippen molar-refractivity contribution in [1.29, 1.82) is 0 Å². The first-order chi connectivity index (χ1) is 9.49. The summed E-state index contributed by atoms with van der Waals surface area (Å²) >= 11 is 6.01. The topological polar surface area (TPSA) is 40.5 Å². The lowest BCUT2D eigenvalue weighted by Crippen LogP contribution is -2.26. The van der Waals surface area contributed by atoms with Gasteiger partial charge in [0, 0.05) is 13.6 Å². The Kier molecular flexibility index (Phi) is 4.30. The van der Waals surface area contributed by atoms with Crippen molar-refractivity contribution in [3.8, 4) is 5.75 Å². The maximum absolute atomic E-state index is 12.4. The van der Waals surface area contributed by atoms with Crippen molar-refractivity contribution in [2.45, 2.75) is 13.5 Å². The van der Waals surface area contributed by atoms with E-state index in [0.717, 1.165) is 11.1 Å². The van der Waals surface area contributed by atoms with E-state index < -0.39 is 0 Å². The molecule has 0 spiro atoms. The summed E-state index contributed by atoms with van der Waals surface area (Å²) in [7, 11) is 1.72. The van der Waals surface area contributed by atoms with E-state index in [9.17, 15) is 9.90 Å². The van der Waals surface area contributed by atoms with Crippen LogP contribution in [0.2, 0.25) is 5.02 Å². The van der Waals surface area contributed by atoms with Gasteiger partial charge in [-0.25, -0.2) is 0 Å². The molecule has 0 bridgehead atoms. The fraction of sp³-hybridized carbons (Fsp3) is 0.188. The van der Waals surface area contributed by atoms with Crippen LogP contribution in [0, 0.1) is 6.92 Å². The Bertz CT molecular complexity index is 640.